The first-order valence-electron chi connectivity index (χ1n) is 6.03. The van der Waals surface area contributed by atoms with E-state index in [0.29, 0.717) is 22.2 Å². The van der Waals surface area contributed by atoms with Crippen LogP contribution in [0.5, 0.6) is 0 Å². The van der Waals surface area contributed by atoms with E-state index in [9.17, 15) is 4.39 Å². The van der Waals surface area contributed by atoms with Crippen LogP contribution in [0.15, 0.2) is 16.6 Å². The Hall–Kier alpha value is -0.940. The van der Waals surface area contributed by atoms with Gasteiger partial charge >= 0.3 is 0 Å². The van der Waals surface area contributed by atoms with Gasteiger partial charge in [-0.1, -0.05) is 29.8 Å². The van der Waals surface area contributed by atoms with Crippen LogP contribution in [-0.4, -0.2) is 19.3 Å². The molecule has 0 fully saturated rings. The van der Waals surface area contributed by atoms with Gasteiger partial charge in [-0.25, -0.2) is 4.39 Å². The van der Waals surface area contributed by atoms with E-state index >= 15 is 0 Å². The molecule has 5 heteroatoms. The molecule has 102 valence electrons. The molecule has 0 aliphatic rings. The summed E-state index contributed by atoms with van der Waals surface area (Å²) in [4.78, 5) is 0. The molecule has 0 atom stereocenters. The summed E-state index contributed by atoms with van der Waals surface area (Å²) < 4.78 is 13.9. The fraction of sp³-hybridized carbons (Fsp3) is 0.462. The number of anilines is 1. The van der Waals surface area contributed by atoms with Crippen molar-refractivity contribution in [3.63, 3.8) is 0 Å². The lowest BCUT2D eigenvalue weighted by molar-refractivity contribution is 0.632. The summed E-state index contributed by atoms with van der Waals surface area (Å²) in [6, 6.07) is 2.87. The van der Waals surface area contributed by atoms with Gasteiger partial charge in [0.15, 0.2) is 0 Å². The SMILES string of the molecule is CC.CNCCCC(=N)c1c(Br)ccc(F)c1N. The molecule has 1 aromatic rings. The van der Waals surface area contributed by atoms with Crippen LogP contribution in [0.1, 0.15) is 32.3 Å². The lowest BCUT2D eigenvalue weighted by Crippen LogP contribution is -2.12. The number of rotatable bonds is 5. The maximum atomic E-state index is 13.3. The normalized spacial score (nSPS) is 9.61. The summed E-state index contributed by atoms with van der Waals surface area (Å²) in [6.07, 6.45) is 1.41. The molecule has 0 spiro atoms. The fourth-order valence-corrected chi connectivity index (χ4v) is 2.03. The van der Waals surface area contributed by atoms with Crippen molar-refractivity contribution in [3.8, 4) is 0 Å². The van der Waals surface area contributed by atoms with Crippen LogP contribution in [0.3, 0.4) is 0 Å². The number of halogens is 2. The Balaban J connectivity index is 0.00000137. The predicted molar refractivity (Wildman–Crippen MR) is 79.8 cm³/mol. The smallest absolute Gasteiger partial charge is 0.146 e. The van der Waals surface area contributed by atoms with Gasteiger partial charge in [0.25, 0.3) is 0 Å². The Morgan fingerprint density at radius 3 is 2.61 bits per heavy atom. The van der Waals surface area contributed by atoms with E-state index in [4.69, 9.17) is 11.1 Å². The van der Waals surface area contributed by atoms with Crippen molar-refractivity contribution in [3.05, 3.63) is 28.0 Å². The molecular weight excluding hydrogens is 297 g/mol. The van der Waals surface area contributed by atoms with E-state index in [-0.39, 0.29) is 5.69 Å². The zero-order chi connectivity index (χ0) is 14.1. The highest BCUT2D eigenvalue weighted by atomic mass is 79.9. The second kappa shape index (κ2) is 9.05. The van der Waals surface area contributed by atoms with E-state index in [1.165, 1.54) is 6.07 Å². The third-order valence-corrected chi connectivity index (χ3v) is 2.96. The molecule has 4 N–H and O–H groups in total. The minimum atomic E-state index is -0.475. The zero-order valence-corrected chi connectivity index (χ0v) is 12.7. The van der Waals surface area contributed by atoms with Gasteiger partial charge < -0.3 is 16.5 Å². The topological polar surface area (TPSA) is 61.9 Å². The summed E-state index contributed by atoms with van der Waals surface area (Å²) in [5.41, 5.74) is 6.50. The van der Waals surface area contributed by atoms with Crippen LogP contribution in [0, 0.1) is 11.2 Å². The summed E-state index contributed by atoms with van der Waals surface area (Å²) in [5, 5.41) is 10.9. The molecule has 3 nitrogen and oxygen atoms in total. The number of nitrogens with one attached hydrogen (secondary N) is 2. The molecule has 0 unspecified atom stereocenters. The average molecular weight is 318 g/mol. The van der Waals surface area contributed by atoms with Crippen LogP contribution in [0.25, 0.3) is 0 Å². The Kier molecular flexibility index (Phi) is 8.58. The van der Waals surface area contributed by atoms with Crippen LogP contribution < -0.4 is 11.1 Å². The second-order valence-corrected chi connectivity index (χ2v) is 4.36. The molecule has 1 aromatic carbocycles. The third-order valence-electron chi connectivity index (χ3n) is 2.30. The van der Waals surface area contributed by atoms with Gasteiger partial charge in [-0.2, -0.15) is 0 Å². The Labute approximate surface area is 117 Å². The van der Waals surface area contributed by atoms with Gasteiger partial charge in [0.2, 0.25) is 0 Å². The molecule has 18 heavy (non-hydrogen) atoms. The molecule has 0 bridgehead atoms. The quantitative estimate of drug-likeness (QED) is 0.441. The van der Waals surface area contributed by atoms with Gasteiger partial charge in [0.1, 0.15) is 5.82 Å². The fourth-order valence-electron chi connectivity index (χ4n) is 1.44. The molecule has 0 radical (unpaired) electrons. The van der Waals surface area contributed by atoms with Crippen LogP contribution >= 0.6 is 15.9 Å². The summed E-state index contributed by atoms with van der Waals surface area (Å²) in [6.45, 7) is 4.83. The molecule has 0 heterocycles. The van der Waals surface area contributed by atoms with Crippen molar-refractivity contribution < 1.29 is 4.39 Å². The van der Waals surface area contributed by atoms with E-state index in [1.54, 1.807) is 6.07 Å². The second-order valence-electron chi connectivity index (χ2n) is 3.50. The molecule has 0 aromatic heterocycles. The highest BCUT2D eigenvalue weighted by Crippen LogP contribution is 2.26. The summed E-state index contributed by atoms with van der Waals surface area (Å²) >= 11 is 3.29. The van der Waals surface area contributed by atoms with Gasteiger partial charge in [-0.3, -0.25) is 0 Å². The molecule has 0 aliphatic carbocycles. The van der Waals surface area contributed by atoms with Crippen molar-refractivity contribution in [1.82, 2.24) is 5.32 Å². The number of hydrogen-bond acceptors (Lipinski definition) is 3. The molecule has 0 saturated heterocycles. The lowest BCUT2D eigenvalue weighted by atomic mass is 10.0. The molecule has 0 amide bonds. The lowest BCUT2D eigenvalue weighted by Gasteiger charge is -2.10. The number of nitrogens with two attached hydrogens (primary N) is 1. The van der Waals surface area contributed by atoms with Crippen molar-refractivity contribution in [1.29, 1.82) is 5.41 Å². The van der Waals surface area contributed by atoms with Crippen LogP contribution in [0.4, 0.5) is 10.1 Å². The maximum Gasteiger partial charge on any atom is 0.146 e. The predicted octanol–water partition coefficient (Wildman–Crippen LogP) is 3.56. The first-order valence-corrected chi connectivity index (χ1v) is 6.83. The highest BCUT2D eigenvalue weighted by Gasteiger charge is 2.13. The van der Waals surface area contributed by atoms with E-state index in [1.807, 2.05) is 20.9 Å². The van der Waals surface area contributed by atoms with Crippen LogP contribution in [-0.2, 0) is 0 Å². The summed E-state index contributed by atoms with van der Waals surface area (Å²) in [5.74, 6) is -0.475. The Morgan fingerprint density at radius 2 is 2.06 bits per heavy atom. The van der Waals surface area contributed by atoms with Gasteiger partial charge in [0.05, 0.1) is 5.69 Å². The summed E-state index contributed by atoms with van der Waals surface area (Å²) in [7, 11) is 1.86. The standard InChI is InChI=1S/C11H15BrFN3.C2H6/c1-16-6-2-3-9(14)10-7(12)4-5-8(13)11(10)15;1-2/h4-5,14,16H,2-3,6,15H2,1H3;1-2H3. The molecule has 0 aliphatic heterocycles. The van der Waals surface area contributed by atoms with E-state index in [2.05, 4.69) is 21.2 Å². The highest BCUT2D eigenvalue weighted by molar-refractivity contribution is 9.10. The largest absolute Gasteiger partial charge is 0.396 e. The van der Waals surface area contributed by atoms with Gasteiger partial charge in [-0.15, -0.1) is 0 Å². The first kappa shape index (κ1) is 17.1. The average Bonchev–Trinajstić information content (AvgIpc) is 2.37. The van der Waals surface area contributed by atoms with Crippen molar-refractivity contribution in [2.24, 2.45) is 0 Å². The minimum absolute atomic E-state index is 0.0452. The molecular formula is C13H21BrFN3. The van der Waals surface area contributed by atoms with Crippen molar-refractivity contribution >= 4 is 27.3 Å². The molecule has 0 saturated carbocycles. The number of nitrogen functional groups attached to an aromatic ring is 1. The van der Waals surface area contributed by atoms with E-state index < -0.39 is 5.82 Å². The first-order chi connectivity index (χ1) is 8.57. The third kappa shape index (κ3) is 4.74. The van der Waals surface area contributed by atoms with Gasteiger partial charge in [0, 0.05) is 15.7 Å². The number of benzene rings is 1. The maximum absolute atomic E-state index is 13.3. The zero-order valence-electron chi connectivity index (χ0n) is 11.1. The van der Waals surface area contributed by atoms with Gasteiger partial charge in [-0.05, 0) is 38.6 Å². The van der Waals surface area contributed by atoms with Crippen LogP contribution in [0.2, 0.25) is 0 Å². The monoisotopic (exact) mass is 317 g/mol. The molecule has 1 rings (SSSR count). The number of hydrogen-bond donors (Lipinski definition) is 3. The van der Waals surface area contributed by atoms with Crippen molar-refractivity contribution in [2.75, 3.05) is 19.3 Å². The Morgan fingerprint density at radius 1 is 1.44 bits per heavy atom. The minimum Gasteiger partial charge on any atom is -0.396 e. The van der Waals surface area contributed by atoms with E-state index in [0.717, 1.165) is 13.0 Å². The Bertz CT molecular complexity index is 394. The van der Waals surface area contributed by atoms with Crippen molar-refractivity contribution in [2.45, 2.75) is 26.7 Å².